The van der Waals surface area contributed by atoms with E-state index in [9.17, 15) is 14.7 Å². The van der Waals surface area contributed by atoms with Crippen LogP contribution in [-0.2, 0) is 16.6 Å². The molecule has 1 fully saturated rings. The van der Waals surface area contributed by atoms with Crippen molar-refractivity contribution in [3.63, 3.8) is 0 Å². The summed E-state index contributed by atoms with van der Waals surface area (Å²) < 4.78 is 0. The molecule has 7 heteroatoms. The zero-order valence-electron chi connectivity index (χ0n) is 23.9. The van der Waals surface area contributed by atoms with Crippen LogP contribution in [0.4, 0.5) is 0 Å². The molecule has 5 rings (SSSR count). The van der Waals surface area contributed by atoms with Gasteiger partial charge in [0.05, 0.1) is 4.88 Å². The van der Waals surface area contributed by atoms with Crippen LogP contribution in [0.1, 0.15) is 84.5 Å². The van der Waals surface area contributed by atoms with Crippen LogP contribution < -0.4 is 5.32 Å². The monoisotopic (exact) mass is 567 g/mol. The lowest BCUT2D eigenvalue weighted by atomic mass is 9.84. The lowest BCUT2D eigenvalue weighted by Gasteiger charge is -2.22. The molecule has 0 unspecified atom stereocenters. The summed E-state index contributed by atoms with van der Waals surface area (Å²) in [6, 6.07) is 19.0. The standard InChI is InChI=1S/C34H37N3O3S/c1-34(2,3)30-18-17-29(41-30)32(38)37-28(33(39)40)19-22-9-11-26(12-10-22)31-35-20-27(21-36-31)25-15-13-24(14-16-25)23-7-5-4-6-8-23/h9-18,20-21,23,28H,4-8,19H2,1-3H3,(H,37,38)(H,39,40)/t28-/m0/s1. The van der Waals surface area contributed by atoms with Gasteiger partial charge in [0.25, 0.3) is 5.91 Å². The fourth-order valence-electron chi connectivity index (χ4n) is 5.33. The van der Waals surface area contributed by atoms with Crippen molar-refractivity contribution >= 4 is 23.2 Å². The van der Waals surface area contributed by atoms with E-state index in [-0.39, 0.29) is 17.7 Å². The minimum Gasteiger partial charge on any atom is -0.480 e. The summed E-state index contributed by atoms with van der Waals surface area (Å²) in [6.07, 6.45) is 10.5. The summed E-state index contributed by atoms with van der Waals surface area (Å²) in [5, 5.41) is 12.5. The number of thiophene rings is 1. The van der Waals surface area contributed by atoms with Gasteiger partial charge in [-0.2, -0.15) is 0 Å². The fraction of sp³-hybridized carbons (Fsp3) is 0.353. The first-order valence-electron chi connectivity index (χ1n) is 14.3. The molecule has 4 aromatic rings. The van der Waals surface area contributed by atoms with Crippen molar-refractivity contribution in [1.82, 2.24) is 15.3 Å². The SMILES string of the molecule is CC(C)(C)c1ccc(C(=O)N[C@@H](Cc2ccc(-c3ncc(-c4ccc(C5CCCCC5)cc4)cn3)cc2)C(=O)O)s1. The number of nitrogens with one attached hydrogen (secondary N) is 1. The van der Waals surface area contributed by atoms with Crippen LogP contribution in [-0.4, -0.2) is 33.0 Å². The summed E-state index contributed by atoms with van der Waals surface area (Å²) in [7, 11) is 0. The van der Waals surface area contributed by atoms with Crippen molar-refractivity contribution in [2.24, 2.45) is 0 Å². The molecule has 2 aromatic carbocycles. The third-order valence-corrected chi connectivity index (χ3v) is 9.31. The normalized spacial score (nSPS) is 14.9. The van der Waals surface area contributed by atoms with Crippen molar-refractivity contribution in [1.29, 1.82) is 0 Å². The number of carbonyl (C=O) groups excluding carboxylic acids is 1. The van der Waals surface area contributed by atoms with Gasteiger partial charge in [0.15, 0.2) is 5.82 Å². The number of benzene rings is 2. The van der Waals surface area contributed by atoms with E-state index in [4.69, 9.17) is 0 Å². The Hall–Kier alpha value is -3.84. The van der Waals surface area contributed by atoms with Gasteiger partial charge >= 0.3 is 5.97 Å². The van der Waals surface area contributed by atoms with Crippen LogP contribution >= 0.6 is 11.3 Å². The van der Waals surface area contributed by atoms with Crippen LogP contribution in [0, 0.1) is 0 Å². The van der Waals surface area contributed by atoms with Gasteiger partial charge in [0, 0.05) is 34.8 Å². The van der Waals surface area contributed by atoms with Gasteiger partial charge < -0.3 is 10.4 Å². The molecule has 6 nitrogen and oxygen atoms in total. The summed E-state index contributed by atoms with van der Waals surface area (Å²) >= 11 is 1.39. The molecule has 41 heavy (non-hydrogen) atoms. The van der Waals surface area contributed by atoms with Crippen molar-refractivity contribution in [3.8, 4) is 22.5 Å². The maximum absolute atomic E-state index is 12.8. The molecule has 0 aliphatic heterocycles. The second-order valence-electron chi connectivity index (χ2n) is 11.9. The number of aromatic nitrogens is 2. The third-order valence-electron chi connectivity index (χ3n) is 7.80. The van der Waals surface area contributed by atoms with Crippen molar-refractivity contribution < 1.29 is 14.7 Å². The van der Waals surface area contributed by atoms with Gasteiger partial charge in [0.1, 0.15) is 6.04 Å². The molecule has 1 aliphatic rings. The maximum Gasteiger partial charge on any atom is 0.326 e. The summed E-state index contributed by atoms with van der Waals surface area (Å²) in [4.78, 5) is 35.5. The summed E-state index contributed by atoms with van der Waals surface area (Å²) in [5.74, 6) is -0.147. The highest BCUT2D eigenvalue weighted by molar-refractivity contribution is 7.14. The van der Waals surface area contributed by atoms with E-state index < -0.39 is 12.0 Å². The minimum absolute atomic E-state index is 0.0685. The Kier molecular flexibility index (Phi) is 8.64. The molecule has 2 aromatic heterocycles. The van der Waals surface area contributed by atoms with E-state index in [1.165, 1.54) is 49.0 Å². The molecule has 212 valence electrons. The molecule has 1 amide bonds. The lowest BCUT2D eigenvalue weighted by Crippen LogP contribution is -2.42. The molecule has 1 atom stereocenters. The number of rotatable bonds is 8. The first-order chi connectivity index (χ1) is 19.7. The predicted molar refractivity (Wildman–Crippen MR) is 164 cm³/mol. The molecule has 2 heterocycles. The highest BCUT2D eigenvalue weighted by atomic mass is 32.1. The number of nitrogens with zero attached hydrogens (tertiary/aromatic N) is 2. The van der Waals surface area contributed by atoms with Gasteiger partial charge in [-0.1, -0.05) is 88.6 Å². The summed E-state index contributed by atoms with van der Waals surface area (Å²) in [6.45, 7) is 6.25. The topological polar surface area (TPSA) is 92.2 Å². The Morgan fingerprint density at radius 1 is 0.878 bits per heavy atom. The quantitative estimate of drug-likeness (QED) is 0.228. The predicted octanol–water partition coefficient (Wildman–Crippen LogP) is 7.64. The zero-order valence-corrected chi connectivity index (χ0v) is 24.7. The van der Waals surface area contributed by atoms with Crippen LogP contribution in [0.5, 0.6) is 0 Å². The van der Waals surface area contributed by atoms with Crippen LogP contribution in [0.2, 0.25) is 0 Å². The molecule has 1 aliphatic carbocycles. The number of carboxylic acid groups (broad SMARTS) is 1. The van der Waals surface area contributed by atoms with Crippen LogP contribution in [0.3, 0.4) is 0 Å². The molecule has 0 radical (unpaired) electrons. The number of hydrogen-bond acceptors (Lipinski definition) is 5. The average Bonchev–Trinajstić information content (AvgIpc) is 3.50. The number of carbonyl (C=O) groups is 2. The van der Waals surface area contributed by atoms with Gasteiger partial charge in [-0.15, -0.1) is 11.3 Å². The highest BCUT2D eigenvalue weighted by Gasteiger charge is 2.24. The van der Waals surface area contributed by atoms with Gasteiger partial charge in [0.2, 0.25) is 0 Å². The number of amides is 1. The molecule has 0 saturated heterocycles. The zero-order chi connectivity index (χ0) is 29.0. The van der Waals surface area contributed by atoms with Crippen LogP contribution in [0.25, 0.3) is 22.5 Å². The van der Waals surface area contributed by atoms with Gasteiger partial charge in [-0.3, -0.25) is 4.79 Å². The largest absolute Gasteiger partial charge is 0.480 e. The molecule has 2 N–H and O–H groups in total. The van der Waals surface area contributed by atoms with E-state index >= 15 is 0 Å². The highest BCUT2D eigenvalue weighted by Crippen LogP contribution is 2.34. The maximum atomic E-state index is 12.8. The molecule has 1 saturated carbocycles. The lowest BCUT2D eigenvalue weighted by molar-refractivity contribution is -0.139. The second-order valence-corrected chi connectivity index (χ2v) is 13.0. The Bertz CT molecular complexity index is 1480. The first kappa shape index (κ1) is 28.7. The van der Waals surface area contributed by atoms with Crippen molar-refractivity contribution in [2.45, 2.75) is 76.7 Å². The van der Waals surface area contributed by atoms with E-state index in [1.807, 2.05) is 42.7 Å². The average molecular weight is 568 g/mol. The second kappa shape index (κ2) is 12.4. The molecule has 0 spiro atoms. The van der Waals surface area contributed by atoms with E-state index in [0.717, 1.165) is 27.1 Å². The Labute approximate surface area is 245 Å². The Balaban J connectivity index is 1.21. The molecular weight excluding hydrogens is 530 g/mol. The van der Waals surface area contributed by atoms with Gasteiger partial charge in [-0.05, 0) is 53.0 Å². The Morgan fingerprint density at radius 2 is 1.51 bits per heavy atom. The third kappa shape index (κ3) is 7.09. The number of carboxylic acids is 1. The number of aliphatic carboxylic acids is 1. The first-order valence-corrected chi connectivity index (χ1v) is 15.1. The van der Waals surface area contributed by atoms with E-state index in [1.54, 1.807) is 6.07 Å². The molecule has 0 bridgehead atoms. The van der Waals surface area contributed by atoms with Crippen LogP contribution in [0.15, 0.2) is 73.1 Å². The number of hydrogen-bond donors (Lipinski definition) is 2. The van der Waals surface area contributed by atoms with Gasteiger partial charge in [-0.25, -0.2) is 14.8 Å². The van der Waals surface area contributed by atoms with E-state index in [2.05, 4.69) is 60.3 Å². The molecular formula is C34H37N3O3S. The van der Waals surface area contributed by atoms with E-state index in [0.29, 0.717) is 16.6 Å². The minimum atomic E-state index is -1.07. The Morgan fingerprint density at radius 3 is 2.10 bits per heavy atom. The smallest absolute Gasteiger partial charge is 0.326 e. The summed E-state index contributed by atoms with van der Waals surface area (Å²) in [5.41, 5.74) is 5.08. The van der Waals surface area contributed by atoms with Crippen molar-refractivity contribution in [2.75, 3.05) is 0 Å². The fourth-order valence-corrected chi connectivity index (χ4v) is 6.29. The van der Waals surface area contributed by atoms with Crippen molar-refractivity contribution in [3.05, 3.63) is 93.9 Å².